The number of aliphatic hydroxyl groups excluding tert-OH is 1. The van der Waals surface area contributed by atoms with Crippen LogP contribution in [0.3, 0.4) is 0 Å². The van der Waals surface area contributed by atoms with Gasteiger partial charge in [0.15, 0.2) is 0 Å². The number of carbonyl (C=O) groups excluding carboxylic acids is 1. The highest BCUT2D eigenvalue weighted by Gasteiger charge is 2.27. The van der Waals surface area contributed by atoms with Gasteiger partial charge in [-0.3, -0.25) is 0 Å². The van der Waals surface area contributed by atoms with Crippen molar-refractivity contribution >= 4 is 6.03 Å². The summed E-state index contributed by atoms with van der Waals surface area (Å²) in [6.07, 6.45) is 2.88. The molecule has 1 atom stereocenters. The average molecular weight is 186 g/mol. The predicted octanol–water partition coefficient (Wildman–Crippen LogP) is 0.563. The number of aliphatic hydroxyl groups is 1. The van der Waals surface area contributed by atoms with Crippen molar-refractivity contribution in [3.8, 4) is 0 Å². The molecule has 1 fully saturated rings. The summed E-state index contributed by atoms with van der Waals surface area (Å²) in [4.78, 5) is 13.2. The molecular weight excluding hydrogens is 168 g/mol. The summed E-state index contributed by atoms with van der Waals surface area (Å²) >= 11 is 0. The van der Waals surface area contributed by atoms with E-state index in [9.17, 15) is 4.79 Å². The fourth-order valence-electron chi connectivity index (χ4n) is 1.63. The summed E-state index contributed by atoms with van der Waals surface area (Å²) in [5, 5.41) is 11.8. The molecular formula is C9H18N2O2. The van der Waals surface area contributed by atoms with Gasteiger partial charge in [-0.25, -0.2) is 4.79 Å². The van der Waals surface area contributed by atoms with E-state index in [0.717, 1.165) is 25.8 Å². The van der Waals surface area contributed by atoms with Gasteiger partial charge >= 0.3 is 6.03 Å². The van der Waals surface area contributed by atoms with Crippen LogP contribution in [0.25, 0.3) is 0 Å². The lowest BCUT2D eigenvalue weighted by atomic mass is 10.2. The standard InChI is InChI=1S/C9H18N2O2/c1-2-5-10-9(13)11-6-3-4-8(11)7-12/h8,12H,2-7H2,1H3,(H,10,13). The summed E-state index contributed by atoms with van der Waals surface area (Å²) in [6, 6.07) is 0.00950. The van der Waals surface area contributed by atoms with E-state index in [1.54, 1.807) is 4.90 Å². The van der Waals surface area contributed by atoms with Crippen LogP contribution in [0.5, 0.6) is 0 Å². The predicted molar refractivity (Wildman–Crippen MR) is 50.5 cm³/mol. The number of hydrogen-bond acceptors (Lipinski definition) is 2. The van der Waals surface area contributed by atoms with E-state index >= 15 is 0 Å². The van der Waals surface area contributed by atoms with Gasteiger partial charge in [-0.15, -0.1) is 0 Å². The Balaban J connectivity index is 2.36. The summed E-state index contributed by atoms with van der Waals surface area (Å²) in [5.74, 6) is 0. The fraction of sp³-hybridized carbons (Fsp3) is 0.889. The Hall–Kier alpha value is -0.770. The molecule has 4 heteroatoms. The van der Waals surface area contributed by atoms with Crippen LogP contribution in [0.1, 0.15) is 26.2 Å². The van der Waals surface area contributed by atoms with Gasteiger partial charge in [-0.2, -0.15) is 0 Å². The zero-order valence-electron chi connectivity index (χ0n) is 8.12. The van der Waals surface area contributed by atoms with E-state index < -0.39 is 0 Å². The van der Waals surface area contributed by atoms with Gasteiger partial charge in [0.25, 0.3) is 0 Å². The van der Waals surface area contributed by atoms with Crippen LogP contribution in [-0.4, -0.2) is 41.8 Å². The van der Waals surface area contributed by atoms with Crippen molar-refractivity contribution < 1.29 is 9.90 Å². The smallest absolute Gasteiger partial charge is 0.317 e. The molecule has 13 heavy (non-hydrogen) atoms. The Morgan fingerprint density at radius 2 is 2.46 bits per heavy atom. The van der Waals surface area contributed by atoms with Crippen molar-refractivity contribution in [2.75, 3.05) is 19.7 Å². The topological polar surface area (TPSA) is 52.6 Å². The van der Waals surface area contributed by atoms with Gasteiger partial charge in [-0.05, 0) is 19.3 Å². The van der Waals surface area contributed by atoms with Gasteiger partial charge in [-0.1, -0.05) is 6.92 Å². The molecule has 1 unspecified atom stereocenters. The third-order valence-corrected chi connectivity index (χ3v) is 2.37. The van der Waals surface area contributed by atoms with Crippen LogP contribution in [0, 0.1) is 0 Å². The largest absolute Gasteiger partial charge is 0.394 e. The number of nitrogens with one attached hydrogen (secondary N) is 1. The summed E-state index contributed by atoms with van der Waals surface area (Å²) in [6.45, 7) is 3.60. The highest BCUT2D eigenvalue weighted by molar-refractivity contribution is 5.74. The third kappa shape index (κ3) is 2.59. The van der Waals surface area contributed by atoms with Gasteiger partial charge in [0.1, 0.15) is 0 Å². The molecule has 2 N–H and O–H groups in total. The number of rotatable bonds is 3. The quantitative estimate of drug-likeness (QED) is 0.676. The Kier molecular flexibility index (Phi) is 4.02. The first-order valence-electron chi connectivity index (χ1n) is 4.95. The van der Waals surface area contributed by atoms with Crippen LogP contribution in [0.15, 0.2) is 0 Å². The normalized spacial score (nSPS) is 22.0. The second kappa shape index (κ2) is 5.07. The van der Waals surface area contributed by atoms with Gasteiger partial charge in [0.2, 0.25) is 0 Å². The molecule has 1 rings (SSSR count). The Morgan fingerprint density at radius 1 is 1.69 bits per heavy atom. The molecule has 1 heterocycles. The summed E-state index contributed by atoms with van der Waals surface area (Å²) in [5.41, 5.74) is 0. The number of hydrogen-bond donors (Lipinski definition) is 2. The monoisotopic (exact) mass is 186 g/mol. The van der Waals surface area contributed by atoms with E-state index in [4.69, 9.17) is 5.11 Å². The molecule has 4 nitrogen and oxygen atoms in total. The second-order valence-electron chi connectivity index (χ2n) is 3.40. The molecule has 2 amide bonds. The molecule has 0 aromatic carbocycles. The highest BCUT2D eigenvalue weighted by atomic mass is 16.3. The number of urea groups is 1. The number of carbonyl (C=O) groups is 1. The molecule has 0 bridgehead atoms. The highest BCUT2D eigenvalue weighted by Crippen LogP contribution is 2.16. The minimum absolute atomic E-state index is 0.0293. The van der Waals surface area contributed by atoms with E-state index in [1.165, 1.54) is 0 Å². The minimum Gasteiger partial charge on any atom is -0.394 e. The van der Waals surface area contributed by atoms with Crippen molar-refractivity contribution in [3.63, 3.8) is 0 Å². The molecule has 76 valence electrons. The number of likely N-dealkylation sites (tertiary alicyclic amines) is 1. The van der Waals surface area contributed by atoms with E-state index in [0.29, 0.717) is 6.54 Å². The van der Waals surface area contributed by atoms with Crippen molar-refractivity contribution in [2.45, 2.75) is 32.2 Å². The van der Waals surface area contributed by atoms with Gasteiger partial charge < -0.3 is 15.3 Å². The first-order valence-corrected chi connectivity index (χ1v) is 4.95. The van der Waals surface area contributed by atoms with E-state index in [2.05, 4.69) is 5.32 Å². The maximum atomic E-state index is 11.5. The minimum atomic E-state index is -0.0293. The Labute approximate surface area is 78.9 Å². The van der Waals surface area contributed by atoms with E-state index in [-0.39, 0.29) is 18.7 Å². The molecule has 0 aromatic heterocycles. The zero-order valence-corrected chi connectivity index (χ0v) is 8.12. The zero-order chi connectivity index (χ0) is 9.68. The Bertz CT molecular complexity index is 173. The summed E-state index contributed by atoms with van der Waals surface area (Å²) in [7, 11) is 0. The van der Waals surface area contributed by atoms with Gasteiger partial charge in [0, 0.05) is 13.1 Å². The van der Waals surface area contributed by atoms with Crippen LogP contribution in [0.2, 0.25) is 0 Å². The molecule has 1 aliphatic rings. The molecule has 0 spiro atoms. The first-order chi connectivity index (χ1) is 6.29. The van der Waals surface area contributed by atoms with Crippen LogP contribution in [-0.2, 0) is 0 Å². The molecule has 1 saturated heterocycles. The maximum absolute atomic E-state index is 11.5. The first kappa shape index (κ1) is 10.3. The second-order valence-corrected chi connectivity index (χ2v) is 3.40. The lowest BCUT2D eigenvalue weighted by molar-refractivity contribution is 0.157. The molecule has 0 radical (unpaired) electrons. The molecule has 0 saturated carbocycles. The number of amides is 2. The van der Waals surface area contributed by atoms with Crippen molar-refractivity contribution in [1.29, 1.82) is 0 Å². The Morgan fingerprint density at radius 3 is 3.08 bits per heavy atom. The van der Waals surface area contributed by atoms with Crippen LogP contribution in [0.4, 0.5) is 4.79 Å². The maximum Gasteiger partial charge on any atom is 0.317 e. The van der Waals surface area contributed by atoms with E-state index in [1.807, 2.05) is 6.92 Å². The average Bonchev–Trinajstić information content (AvgIpc) is 2.61. The fourth-order valence-corrected chi connectivity index (χ4v) is 1.63. The lowest BCUT2D eigenvalue weighted by Crippen LogP contribution is -2.44. The molecule has 1 aliphatic heterocycles. The molecule has 0 aromatic rings. The summed E-state index contributed by atoms with van der Waals surface area (Å²) < 4.78 is 0. The van der Waals surface area contributed by atoms with Crippen molar-refractivity contribution in [2.24, 2.45) is 0 Å². The lowest BCUT2D eigenvalue weighted by Gasteiger charge is -2.23. The van der Waals surface area contributed by atoms with Gasteiger partial charge in [0.05, 0.1) is 12.6 Å². The van der Waals surface area contributed by atoms with Crippen molar-refractivity contribution in [1.82, 2.24) is 10.2 Å². The van der Waals surface area contributed by atoms with Crippen LogP contribution >= 0.6 is 0 Å². The van der Waals surface area contributed by atoms with Crippen molar-refractivity contribution in [3.05, 3.63) is 0 Å². The van der Waals surface area contributed by atoms with Crippen LogP contribution < -0.4 is 5.32 Å². The third-order valence-electron chi connectivity index (χ3n) is 2.37. The molecule has 0 aliphatic carbocycles. The number of nitrogens with zero attached hydrogens (tertiary/aromatic N) is 1. The SMILES string of the molecule is CCCNC(=O)N1CCCC1CO.